The van der Waals surface area contributed by atoms with Crippen LogP contribution in [-0.4, -0.2) is 46.9 Å². The van der Waals surface area contributed by atoms with Crippen molar-refractivity contribution >= 4 is 12.1 Å². The zero-order valence-electron chi connectivity index (χ0n) is 18.8. The molecular weight excluding hydrogens is 372 g/mol. The van der Waals surface area contributed by atoms with E-state index in [1.54, 1.807) is 7.05 Å². The van der Waals surface area contributed by atoms with Crippen molar-refractivity contribution in [3.05, 3.63) is 11.7 Å². The van der Waals surface area contributed by atoms with Crippen LogP contribution in [0.4, 0.5) is 4.79 Å². The van der Waals surface area contributed by atoms with Gasteiger partial charge in [-0.2, -0.15) is 4.98 Å². The van der Waals surface area contributed by atoms with Crippen molar-refractivity contribution in [2.75, 3.05) is 7.05 Å². The van der Waals surface area contributed by atoms with E-state index in [1.807, 2.05) is 41.5 Å². The van der Waals surface area contributed by atoms with Gasteiger partial charge >= 0.3 is 6.09 Å². The van der Waals surface area contributed by atoms with Crippen molar-refractivity contribution in [1.29, 1.82) is 0 Å². The number of ether oxygens (including phenoxy) is 1. The van der Waals surface area contributed by atoms with E-state index in [0.717, 1.165) is 25.7 Å². The number of nitrogens with one attached hydrogen (secondary N) is 3. The molecule has 0 saturated heterocycles. The number of nitrogens with zero attached hydrogens (tertiary/aromatic N) is 3. The Kier molecular flexibility index (Phi) is 7.48. The molecule has 0 aliphatic heterocycles. The zero-order chi connectivity index (χ0) is 21.7. The second kappa shape index (κ2) is 9.45. The molecule has 0 aromatic carbocycles. The first-order valence-corrected chi connectivity index (χ1v) is 10.3. The molecular formula is C20H36N6O3. The van der Waals surface area contributed by atoms with Crippen LogP contribution >= 0.6 is 0 Å². The van der Waals surface area contributed by atoms with Gasteiger partial charge in [0.2, 0.25) is 5.89 Å². The van der Waals surface area contributed by atoms with Crippen molar-refractivity contribution in [2.24, 2.45) is 4.99 Å². The van der Waals surface area contributed by atoms with E-state index in [9.17, 15) is 4.79 Å². The number of carbonyl (C=O) groups excluding carboxylic acids is 1. The zero-order valence-corrected chi connectivity index (χ0v) is 18.8. The Hall–Kier alpha value is -2.32. The summed E-state index contributed by atoms with van der Waals surface area (Å²) < 4.78 is 10.6. The lowest BCUT2D eigenvalue weighted by molar-refractivity contribution is 0.0490. The van der Waals surface area contributed by atoms with E-state index < -0.39 is 5.60 Å². The maximum atomic E-state index is 11.9. The van der Waals surface area contributed by atoms with Crippen molar-refractivity contribution < 1.29 is 14.1 Å². The molecule has 1 heterocycles. The highest BCUT2D eigenvalue weighted by Crippen LogP contribution is 2.20. The van der Waals surface area contributed by atoms with E-state index in [2.05, 4.69) is 31.1 Å². The van der Waals surface area contributed by atoms with E-state index >= 15 is 0 Å². The van der Waals surface area contributed by atoms with Gasteiger partial charge < -0.3 is 25.2 Å². The van der Waals surface area contributed by atoms with Gasteiger partial charge in [0.1, 0.15) is 5.60 Å². The molecule has 9 heteroatoms. The lowest BCUT2D eigenvalue weighted by Crippen LogP contribution is -2.48. The number of carbonyl (C=O) groups is 1. The van der Waals surface area contributed by atoms with Gasteiger partial charge in [0.15, 0.2) is 11.8 Å². The summed E-state index contributed by atoms with van der Waals surface area (Å²) in [4.78, 5) is 20.6. The highest BCUT2D eigenvalue weighted by Gasteiger charge is 2.25. The third-order valence-electron chi connectivity index (χ3n) is 4.54. The molecule has 1 saturated carbocycles. The summed E-state index contributed by atoms with van der Waals surface area (Å²) in [6.07, 6.45) is 3.33. The Labute approximate surface area is 173 Å². The van der Waals surface area contributed by atoms with Crippen molar-refractivity contribution in [2.45, 2.75) is 96.9 Å². The summed E-state index contributed by atoms with van der Waals surface area (Å²) >= 11 is 0. The Balaban J connectivity index is 1.74. The molecule has 0 unspecified atom stereocenters. The van der Waals surface area contributed by atoms with Gasteiger partial charge in [-0.05, 0) is 46.5 Å². The Morgan fingerprint density at radius 1 is 1.10 bits per heavy atom. The highest BCUT2D eigenvalue weighted by molar-refractivity contribution is 5.79. The number of aliphatic imine (C=N–C) groups is 1. The fourth-order valence-corrected chi connectivity index (χ4v) is 3.04. The Morgan fingerprint density at radius 3 is 2.17 bits per heavy atom. The van der Waals surface area contributed by atoms with Crippen molar-refractivity contribution in [3.8, 4) is 0 Å². The van der Waals surface area contributed by atoms with Gasteiger partial charge in [0.05, 0.1) is 6.54 Å². The summed E-state index contributed by atoms with van der Waals surface area (Å²) in [7, 11) is 1.74. The smallest absolute Gasteiger partial charge is 0.407 e. The molecule has 1 aromatic heterocycles. The van der Waals surface area contributed by atoms with Crippen LogP contribution in [0.2, 0.25) is 0 Å². The largest absolute Gasteiger partial charge is 0.444 e. The first-order valence-electron chi connectivity index (χ1n) is 10.3. The summed E-state index contributed by atoms with van der Waals surface area (Å²) in [6.45, 7) is 12.1. The molecule has 164 valence electrons. The van der Waals surface area contributed by atoms with Crippen LogP contribution < -0.4 is 16.0 Å². The molecule has 9 nitrogen and oxygen atoms in total. The average Bonchev–Trinajstić information content (AvgIpc) is 3.08. The molecule has 2 rings (SSSR count). The molecule has 1 aromatic rings. The molecule has 1 aliphatic rings. The second-order valence-corrected chi connectivity index (χ2v) is 9.53. The molecule has 0 spiro atoms. The van der Waals surface area contributed by atoms with Gasteiger partial charge in [-0.3, -0.25) is 4.99 Å². The quantitative estimate of drug-likeness (QED) is 0.518. The third kappa shape index (κ3) is 7.91. The van der Waals surface area contributed by atoms with Crippen molar-refractivity contribution in [1.82, 2.24) is 26.1 Å². The van der Waals surface area contributed by atoms with Gasteiger partial charge in [0.25, 0.3) is 0 Å². The van der Waals surface area contributed by atoms with Gasteiger partial charge in [-0.1, -0.05) is 25.9 Å². The maximum absolute atomic E-state index is 11.9. The van der Waals surface area contributed by atoms with Crippen LogP contribution in [-0.2, 0) is 16.7 Å². The minimum atomic E-state index is -0.479. The fraction of sp³-hybridized carbons (Fsp3) is 0.800. The molecule has 0 radical (unpaired) electrons. The van der Waals surface area contributed by atoms with Gasteiger partial charge in [-0.15, -0.1) is 0 Å². The minimum Gasteiger partial charge on any atom is -0.444 e. The van der Waals surface area contributed by atoms with Crippen LogP contribution in [0.3, 0.4) is 0 Å². The maximum Gasteiger partial charge on any atom is 0.407 e. The number of aromatic nitrogens is 2. The fourth-order valence-electron chi connectivity index (χ4n) is 3.04. The van der Waals surface area contributed by atoms with E-state index in [0.29, 0.717) is 30.3 Å². The normalized spacial score (nSPS) is 20.9. The Bertz CT molecular complexity index is 694. The monoisotopic (exact) mass is 408 g/mol. The highest BCUT2D eigenvalue weighted by atomic mass is 16.6. The molecule has 0 atom stereocenters. The number of guanidine groups is 1. The summed E-state index contributed by atoms with van der Waals surface area (Å²) in [5.41, 5.74) is -0.648. The standard InChI is InChI=1S/C20H36N6O3/c1-19(2,3)16-25-15(26-29-16)12-22-17(21-7)23-13-8-10-14(11-9-13)24-18(27)28-20(4,5)6/h13-14H,8-12H2,1-7H3,(H,24,27)(H2,21,22,23). The third-order valence-corrected chi connectivity index (χ3v) is 4.54. The number of amides is 1. The number of hydrogen-bond acceptors (Lipinski definition) is 6. The average molecular weight is 409 g/mol. The summed E-state index contributed by atoms with van der Waals surface area (Å²) in [6, 6.07) is 0.446. The molecule has 3 N–H and O–H groups in total. The first-order chi connectivity index (χ1) is 13.5. The van der Waals surface area contributed by atoms with E-state index in [1.165, 1.54) is 0 Å². The lowest BCUT2D eigenvalue weighted by atomic mass is 9.91. The Morgan fingerprint density at radius 2 is 1.69 bits per heavy atom. The van der Waals surface area contributed by atoms with Gasteiger partial charge in [-0.25, -0.2) is 4.79 Å². The summed E-state index contributed by atoms with van der Waals surface area (Å²) in [5.74, 6) is 1.92. The van der Waals surface area contributed by atoms with Crippen molar-refractivity contribution in [3.63, 3.8) is 0 Å². The van der Waals surface area contributed by atoms with Crippen LogP contribution in [0, 0.1) is 0 Å². The predicted octanol–water partition coefficient (Wildman–Crippen LogP) is 2.87. The molecule has 1 aliphatic carbocycles. The second-order valence-electron chi connectivity index (χ2n) is 9.53. The summed E-state index contributed by atoms with van der Waals surface area (Å²) in [5, 5.41) is 13.6. The molecule has 29 heavy (non-hydrogen) atoms. The van der Waals surface area contributed by atoms with E-state index in [4.69, 9.17) is 9.26 Å². The predicted molar refractivity (Wildman–Crippen MR) is 112 cm³/mol. The number of hydrogen-bond donors (Lipinski definition) is 3. The van der Waals surface area contributed by atoms with Crippen LogP contribution in [0.25, 0.3) is 0 Å². The molecule has 1 amide bonds. The van der Waals surface area contributed by atoms with Crippen LogP contribution in [0.5, 0.6) is 0 Å². The molecule has 0 bridgehead atoms. The molecule has 1 fully saturated rings. The van der Waals surface area contributed by atoms with Gasteiger partial charge in [0, 0.05) is 24.5 Å². The van der Waals surface area contributed by atoms with Crippen LogP contribution in [0.15, 0.2) is 9.52 Å². The first kappa shape index (κ1) is 23.0. The lowest BCUT2D eigenvalue weighted by Gasteiger charge is -2.31. The number of rotatable bonds is 4. The minimum absolute atomic E-state index is 0.146. The topological polar surface area (TPSA) is 114 Å². The SMILES string of the molecule is CN=C(NCc1noc(C(C)(C)C)n1)NC1CCC(NC(=O)OC(C)(C)C)CC1. The number of alkyl carbamates (subject to hydrolysis) is 1. The van der Waals surface area contributed by atoms with E-state index in [-0.39, 0.29) is 17.6 Å². The van der Waals surface area contributed by atoms with Crippen LogP contribution in [0.1, 0.15) is 78.9 Å².